The van der Waals surface area contributed by atoms with E-state index in [-0.39, 0.29) is 17.1 Å². The van der Waals surface area contributed by atoms with Crippen LogP contribution in [0.5, 0.6) is 0 Å². The number of allylic oxidation sites excluding steroid dienone is 1. The fourth-order valence-corrected chi connectivity index (χ4v) is 4.75. The number of ether oxygens (including phenoxy) is 1. The van der Waals surface area contributed by atoms with Crippen LogP contribution < -0.4 is 4.90 Å². The largest absolute Gasteiger partial charge is 0.465 e. The SMILES string of the molecule is COC(=O)C1=C(C)N(c2ccc(Cl)c(Cl)c2)C(=O)/C1=C\c1cc(C)n(-c2ccc(Br)cc2)c1C. The molecule has 2 aromatic carbocycles. The van der Waals surface area contributed by atoms with Gasteiger partial charge in [0, 0.05) is 27.2 Å². The van der Waals surface area contributed by atoms with Crippen LogP contribution in [0.4, 0.5) is 5.69 Å². The fourth-order valence-electron chi connectivity index (χ4n) is 4.19. The molecule has 0 spiro atoms. The molecule has 0 atom stereocenters. The fraction of sp³-hybridized carbons (Fsp3) is 0.154. The van der Waals surface area contributed by atoms with Crippen molar-refractivity contribution in [1.29, 1.82) is 0 Å². The molecular weight excluding hydrogens is 539 g/mol. The van der Waals surface area contributed by atoms with Crippen LogP contribution >= 0.6 is 39.1 Å². The molecular formula is C26H21BrCl2N2O3. The number of rotatable bonds is 4. The molecule has 0 radical (unpaired) electrons. The molecule has 0 saturated heterocycles. The number of anilines is 1. The number of carbonyl (C=O) groups excluding carboxylic acids is 2. The van der Waals surface area contributed by atoms with E-state index in [1.807, 2.05) is 44.2 Å². The van der Waals surface area contributed by atoms with E-state index in [4.69, 9.17) is 27.9 Å². The molecule has 0 N–H and O–H groups in total. The molecule has 1 amide bonds. The quantitative estimate of drug-likeness (QED) is 0.254. The minimum atomic E-state index is -0.582. The van der Waals surface area contributed by atoms with Gasteiger partial charge in [0.15, 0.2) is 0 Å². The molecule has 5 nitrogen and oxygen atoms in total. The van der Waals surface area contributed by atoms with Crippen molar-refractivity contribution in [2.45, 2.75) is 20.8 Å². The molecule has 2 heterocycles. The molecule has 174 valence electrons. The summed E-state index contributed by atoms with van der Waals surface area (Å²) < 4.78 is 8.10. The Balaban J connectivity index is 1.85. The van der Waals surface area contributed by atoms with E-state index in [0.29, 0.717) is 21.4 Å². The van der Waals surface area contributed by atoms with Gasteiger partial charge in [-0.2, -0.15) is 0 Å². The van der Waals surface area contributed by atoms with Gasteiger partial charge in [-0.05, 0) is 80.9 Å². The number of benzene rings is 2. The minimum absolute atomic E-state index is 0.215. The minimum Gasteiger partial charge on any atom is -0.465 e. The third-order valence-corrected chi connectivity index (χ3v) is 7.07. The van der Waals surface area contributed by atoms with E-state index in [1.54, 1.807) is 31.2 Å². The summed E-state index contributed by atoms with van der Waals surface area (Å²) in [4.78, 5) is 27.8. The van der Waals surface area contributed by atoms with E-state index in [1.165, 1.54) is 12.0 Å². The number of nitrogens with zero attached hydrogens (tertiary/aromatic N) is 2. The van der Waals surface area contributed by atoms with Crippen LogP contribution in [0, 0.1) is 13.8 Å². The van der Waals surface area contributed by atoms with E-state index < -0.39 is 5.97 Å². The lowest BCUT2D eigenvalue weighted by Gasteiger charge is -2.18. The zero-order valence-electron chi connectivity index (χ0n) is 18.9. The standard InChI is InChI=1S/C26H21BrCl2N2O3/c1-14-11-17(15(2)30(14)19-7-5-18(27)6-8-19)12-21-24(26(33)34-4)16(3)31(25(21)32)20-9-10-22(28)23(29)13-20/h5-13H,1-4H3/b21-12-. The highest BCUT2D eigenvalue weighted by molar-refractivity contribution is 9.10. The van der Waals surface area contributed by atoms with Crippen molar-refractivity contribution in [3.8, 4) is 5.69 Å². The Morgan fingerprint density at radius 1 is 0.971 bits per heavy atom. The van der Waals surface area contributed by atoms with Crippen molar-refractivity contribution in [3.05, 3.63) is 96.8 Å². The number of esters is 1. The van der Waals surface area contributed by atoms with E-state index >= 15 is 0 Å². The molecule has 1 aliphatic rings. The number of hydrogen-bond acceptors (Lipinski definition) is 3. The number of aryl methyl sites for hydroxylation is 1. The van der Waals surface area contributed by atoms with Crippen molar-refractivity contribution in [1.82, 2.24) is 4.57 Å². The predicted octanol–water partition coefficient (Wildman–Crippen LogP) is 7.04. The third kappa shape index (κ3) is 4.22. The molecule has 0 fully saturated rings. The van der Waals surface area contributed by atoms with Crippen molar-refractivity contribution in [3.63, 3.8) is 0 Å². The maximum Gasteiger partial charge on any atom is 0.340 e. The molecule has 34 heavy (non-hydrogen) atoms. The first-order chi connectivity index (χ1) is 16.1. The summed E-state index contributed by atoms with van der Waals surface area (Å²) in [6.45, 7) is 5.68. The molecule has 0 aliphatic carbocycles. The topological polar surface area (TPSA) is 51.5 Å². The van der Waals surface area contributed by atoms with Gasteiger partial charge < -0.3 is 9.30 Å². The highest BCUT2D eigenvalue weighted by Gasteiger charge is 2.38. The van der Waals surface area contributed by atoms with E-state index in [0.717, 1.165) is 27.1 Å². The van der Waals surface area contributed by atoms with Gasteiger partial charge in [-0.15, -0.1) is 0 Å². The van der Waals surface area contributed by atoms with E-state index in [9.17, 15) is 9.59 Å². The molecule has 0 bridgehead atoms. The van der Waals surface area contributed by atoms with Gasteiger partial charge in [0.25, 0.3) is 5.91 Å². The summed E-state index contributed by atoms with van der Waals surface area (Å²) in [6.07, 6.45) is 1.74. The van der Waals surface area contributed by atoms with Crippen molar-refractivity contribution in [2.24, 2.45) is 0 Å². The van der Waals surface area contributed by atoms with Crippen molar-refractivity contribution in [2.75, 3.05) is 12.0 Å². The van der Waals surface area contributed by atoms with Crippen molar-refractivity contribution < 1.29 is 14.3 Å². The first kappa shape index (κ1) is 24.3. The Kier molecular flexibility index (Phi) is 6.76. The number of hydrogen-bond donors (Lipinski definition) is 0. The summed E-state index contributed by atoms with van der Waals surface area (Å²) in [5.41, 5.74) is 5.21. The van der Waals surface area contributed by atoms with Gasteiger partial charge in [-0.3, -0.25) is 9.69 Å². The summed E-state index contributed by atoms with van der Waals surface area (Å²) in [7, 11) is 1.30. The molecule has 1 aliphatic heterocycles. The molecule has 0 saturated carbocycles. The lowest BCUT2D eigenvalue weighted by molar-refractivity contribution is -0.136. The monoisotopic (exact) mass is 558 g/mol. The number of carbonyl (C=O) groups is 2. The Labute approximate surface area is 216 Å². The van der Waals surface area contributed by atoms with Gasteiger partial charge in [0.05, 0.1) is 34.0 Å². The number of aromatic nitrogens is 1. The van der Waals surface area contributed by atoms with E-state index in [2.05, 4.69) is 20.5 Å². The van der Waals surface area contributed by atoms with Crippen LogP contribution in [-0.2, 0) is 14.3 Å². The van der Waals surface area contributed by atoms with Crippen LogP contribution in [0.15, 0.2) is 69.8 Å². The lowest BCUT2D eigenvalue weighted by atomic mass is 10.0. The van der Waals surface area contributed by atoms with Crippen LogP contribution in [0.2, 0.25) is 10.0 Å². The Bertz CT molecular complexity index is 1390. The van der Waals surface area contributed by atoms with Gasteiger partial charge in [-0.1, -0.05) is 39.1 Å². The second-order valence-corrected chi connectivity index (χ2v) is 9.62. The maximum atomic E-state index is 13.6. The first-order valence-electron chi connectivity index (χ1n) is 10.4. The Hall–Kier alpha value is -2.80. The molecule has 4 rings (SSSR count). The first-order valence-corrected chi connectivity index (χ1v) is 11.9. The predicted molar refractivity (Wildman–Crippen MR) is 140 cm³/mol. The molecule has 3 aromatic rings. The van der Waals surface area contributed by atoms with Gasteiger partial charge in [0.1, 0.15) is 0 Å². The molecule has 0 unspecified atom stereocenters. The zero-order valence-corrected chi connectivity index (χ0v) is 22.0. The van der Waals surface area contributed by atoms with Gasteiger partial charge in [-0.25, -0.2) is 4.79 Å². The van der Waals surface area contributed by atoms with Crippen LogP contribution in [0.1, 0.15) is 23.9 Å². The normalized spacial score (nSPS) is 15.0. The maximum absolute atomic E-state index is 13.6. The smallest absolute Gasteiger partial charge is 0.340 e. The second kappa shape index (κ2) is 9.45. The van der Waals surface area contributed by atoms with Crippen LogP contribution in [-0.4, -0.2) is 23.6 Å². The summed E-state index contributed by atoms with van der Waals surface area (Å²) in [6, 6.07) is 14.9. The van der Waals surface area contributed by atoms with Gasteiger partial charge >= 0.3 is 5.97 Å². The summed E-state index contributed by atoms with van der Waals surface area (Å²) >= 11 is 15.7. The molecule has 8 heteroatoms. The number of amides is 1. The zero-order chi connectivity index (χ0) is 24.7. The Morgan fingerprint density at radius 2 is 1.62 bits per heavy atom. The summed E-state index contributed by atoms with van der Waals surface area (Å²) in [5.74, 6) is -0.925. The average Bonchev–Trinajstić information content (AvgIpc) is 3.22. The molecule has 1 aromatic heterocycles. The van der Waals surface area contributed by atoms with Crippen LogP contribution in [0.25, 0.3) is 11.8 Å². The third-order valence-electron chi connectivity index (χ3n) is 5.81. The average molecular weight is 560 g/mol. The van der Waals surface area contributed by atoms with Crippen LogP contribution in [0.3, 0.4) is 0 Å². The van der Waals surface area contributed by atoms with Crippen molar-refractivity contribution >= 4 is 62.8 Å². The Morgan fingerprint density at radius 3 is 2.24 bits per heavy atom. The second-order valence-electron chi connectivity index (χ2n) is 7.89. The van der Waals surface area contributed by atoms with Gasteiger partial charge in [0.2, 0.25) is 0 Å². The highest BCUT2D eigenvalue weighted by atomic mass is 79.9. The number of halogens is 3. The number of methoxy groups -OCH3 is 1. The lowest BCUT2D eigenvalue weighted by Crippen LogP contribution is -2.24. The summed E-state index contributed by atoms with van der Waals surface area (Å²) in [5, 5.41) is 0.692. The highest BCUT2D eigenvalue weighted by Crippen LogP contribution is 2.38.